The Balaban J connectivity index is 2.20. The second-order valence-corrected chi connectivity index (χ2v) is 4.38. The highest BCUT2D eigenvalue weighted by atomic mass is 16.2. The first-order valence-electron chi connectivity index (χ1n) is 5.57. The molecule has 0 bridgehead atoms. The van der Waals surface area contributed by atoms with Crippen LogP contribution >= 0.6 is 0 Å². The molecule has 3 rings (SSSR count). The lowest BCUT2D eigenvalue weighted by atomic mass is 9.95. The molecule has 1 aromatic carbocycles. The van der Waals surface area contributed by atoms with Gasteiger partial charge in [0.05, 0.1) is 5.92 Å². The molecule has 1 atom stereocenters. The number of carbonyl (C=O) groups excluding carboxylic acids is 2. The summed E-state index contributed by atoms with van der Waals surface area (Å²) in [4.78, 5) is 26.2. The Kier molecular flexibility index (Phi) is 2.04. The van der Waals surface area contributed by atoms with E-state index in [0.717, 1.165) is 22.2 Å². The van der Waals surface area contributed by atoms with E-state index in [1.54, 1.807) is 0 Å². The van der Waals surface area contributed by atoms with E-state index in [1.807, 2.05) is 31.2 Å². The number of aromatic nitrogens is 1. The normalized spacial score (nSPS) is 19.9. The molecule has 1 saturated heterocycles. The Bertz CT molecular complexity index is 627. The summed E-state index contributed by atoms with van der Waals surface area (Å²) >= 11 is 0. The molecule has 1 aliphatic heterocycles. The van der Waals surface area contributed by atoms with Crippen molar-refractivity contribution in [3.8, 4) is 0 Å². The van der Waals surface area contributed by atoms with Gasteiger partial charge in [0, 0.05) is 23.0 Å². The van der Waals surface area contributed by atoms with Gasteiger partial charge in [-0.05, 0) is 18.6 Å². The smallest absolute Gasteiger partial charge is 0.234 e. The van der Waals surface area contributed by atoms with Crippen molar-refractivity contribution in [1.29, 1.82) is 0 Å². The lowest BCUT2D eigenvalue weighted by Gasteiger charge is -2.06. The van der Waals surface area contributed by atoms with E-state index in [1.165, 1.54) is 0 Å². The van der Waals surface area contributed by atoms with Gasteiger partial charge in [0.25, 0.3) is 0 Å². The zero-order valence-corrected chi connectivity index (χ0v) is 9.41. The number of aryl methyl sites for hydroxylation is 1. The molecule has 4 heteroatoms. The number of imide groups is 1. The fourth-order valence-corrected chi connectivity index (χ4v) is 2.53. The van der Waals surface area contributed by atoms with Crippen LogP contribution in [0.2, 0.25) is 0 Å². The van der Waals surface area contributed by atoms with Crippen molar-refractivity contribution in [2.45, 2.75) is 19.3 Å². The maximum atomic E-state index is 11.7. The number of carbonyl (C=O) groups is 2. The average Bonchev–Trinajstić information content (AvgIpc) is 2.77. The third-order valence-electron chi connectivity index (χ3n) is 3.26. The average molecular weight is 228 g/mol. The fourth-order valence-electron chi connectivity index (χ4n) is 2.53. The number of nitrogens with one attached hydrogen (secondary N) is 2. The van der Waals surface area contributed by atoms with Gasteiger partial charge in [-0.1, -0.05) is 18.2 Å². The molecule has 0 radical (unpaired) electrons. The van der Waals surface area contributed by atoms with Crippen LogP contribution in [0.3, 0.4) is 0 Å². The van der Waals surface area contributed by atoms with Crippen LogP contribution < -0.4 is 5.32 Å². The van der Waals surface area contributed by atoms with Crippen LogP contribution in [0.25, 0.3) is 10.9 Å². The number of fused-ring (bicyclic) bond motifs is 1. The van der Waals surface area contributed by atoms with Crippen LogP contribution in [0.15, 0.2) is 24.3 Å². The summed E-state index contributed by atoms with van der Waals surface area (Å²) in [6, 6.07) is 7.83. The quantitative estimate of drug-likeness (QED) is 0.728. The van der Waals surface area contributed by atoms with Crippen molar-refractivity contribution >= 4 is 22.7 Å². The zero-order valence-electron chi connectivity index (χ0n) is 9.41. The minimum Gasteiger partial charge on any atom is -0.358 e. The lowest BCUT2D eigenvalue weighted by Crippen LogP contribution is -2.21. The van der Waals surface area contributed by atoms with Crippen molar-refractivity contribution in [2.24, 2.45) is 0 Å². The maximum absolute atomic E-state index is 11.7. The SMILES string of the molecule is Cc1[nH]c2ccccc2c1[C@H]1CC(=O)NC1=O. The summed E-state index contributed by atoms with van der Waals surface area (Å²) in [5.41, 5.74) is 2.91. The molecular formula is C13H12N2O2. The molecule has 0 aliphatic carbocycles. The van der Waals surface area contributed by atoms with E-state index in [0.29, 0.717) is 0 Å². The van der Waals surface area contributed by atoms with Crippen molar-refractivity contribution in [3.63, 3.8) is 0 Å². The van der Waals surface area contributed by atoms with Crippen molar-refractivity contribution in [1.82, 2.24) is 10.3 Å². The van der Waals surface area contributed by atoms with Gasteiger partial charge in [-0.3, -0.25) is 14.9 Å². The second-order valence-electron chi connectivity index (χ2n) is 4.38. The summed E-state index contributed by atoms with van der Waals surface area (Å²) in [5, 5.41) is 3.38. The van der Waals surface area contributed by atoms with E-state index in [9.17, 15) is 9.59 Å². The first-order valence-corrected chi connectivity index (χ1v) is 5.57. The highest BCUT2D eigenvalue weighted by Crippen LogP contribution is 2.33. The Hall–Kier alpha value is -2.10. The number of H-pyrrole nitrogens is 1. The maximum Gasteiger partial charge on any atom is 0.234 e. The van der Waals surface area contributed by atoms with Crippen LogP contribution in [-0.2, 0) is 9.59 Å². The summed E-state index contributed by atoms with van der Waals surface area (Å²) in [6.45, 7) is 1.94. The number of aromatic amines is 1. The minimum atomic E-state index is -0.348. The topological polar surface area (TPSA) is 62.0 Å². The van der Waals surface area contributed by atoms with Gasteiger partial charge in [-0.2, -0.15) is 0 Å². The summed E-state index contributed by atoms with van der Waals surface area (Å²) in [5.74, 6) is -0.730. The molecule has 2 amide bonds. The molecule has 86 valence electrons. The first kappa shape index (κ1) is 10.1. The van der Waals surface area contributed by atoms with E-state index in [4.69, 9.17) is 0 Å². The van der Waals surface area contributed by atoms with Crippen LogP contribution in [0.4, 0.5) is 0 Å². The third-order valence-corrected chi connectivity index (χ3v) is 3.26. The molecule has 0 spiro atoms. The van der Waals surface area contributed by atoms with Gasteiger partial charge in [0.2, 0.25) is 11.8 Å². The largest absolute Gasteiger partial charge is 0.358 e. The molecule has 17 heavy (non-hydrogen) atoms. The molecule has 0 unspecified atom stereocenters. The predicted octanol–water partition coefficient (Wildman–Crippen LogP) is 1.61. The van der Waals surface area contributed by atoms with Gasteiger partial charge in [-0.15, -0.1) is 0 Å². The molecule has 2 aromatic rings. The van der Waals surface area contributed by atoms with Crippen molar-refractivity contribution < 1.29 is 9.59 Å². The van der Waals surface area contributed by atoms with Crippen LogP contribution in [0.5, 0.6) is 0 Å². The second kappa shape index (κ2) is 3.45. The molecule has 4 nitrogen and oxygen atoms in total. The molecule has 2 heterocycles. The summed E-state index contributed by atoms with van der Waals surface area (Å²) in [6.07, 6.45) is 0.252. The standard InChI is InChI=1S/C13H12N2O2/c1-7-12(9-6-11(16)15-13(9)17)8-4-2-3-5-10(8)14-7/h2-5,9,14H,6H2,1H3,(H,15,16,17)/t9-/m1/s1. The Morgan fingerprint density at radius 3 is 2.71 bits per heavy atom. The van der Waals surface area contributed by atoms with E-state index in [2.05, 4.69) is 10.3 Å². The highest BCUT2D eigenvalue weighted by Gasteiger charge is 2.34. The number of rotatable bonds is 1. The van der Waals surface area contributed by atoms with Crippen LogP contribution in [0.1, 0.15) is 23.6 Å². The molecular weight excluding hydrogens is 216 g/mol. The van der Waals surface area contributed by atoms with Crippen molar-refractivity contribution in [3.05, 3.63) is 35.5 Å². The molecule has 1 fully saturated rings. The number of hydrogen-bond acceptors (Lipinski definition) is 2. The van der Waals surface area contributed by atoms with Crippen LogP contribution in [-0.4, -0.2) is 16.8 Å². The lowest BCUT2D eigenvalue weighted by molar-refractivity contribution is -0.125. The Morgan fingerprint density at radius 2 is 2.00 bits per heavy atom. The monoisotopic (exact) mass is 228 g/mol. The Morgan fingerprint density at radius 1 is 1.24 bits per heavy atom. The molecule has 1 aliphatic rings. The predicted molar refractivity (Wildman–Crippen MR) is 63.5 cm³/mol. The number of para-hydroxylation sites is 1. The van der Waals surface area contributed by atoms with Crippen LogP contribution in [0, 0.1) is 6.92 Å². The summed E-state index contributed by atoms with van der Waals surface area (Å²) in [7, 11) is 0. The first-order chi connectivity index (χ1) is 8.16. The highest BCUT2D eigenvalue weighted by molar-refractivity contribution is 6.08. The Labute approximate surface area is 98.0 Å². The third kappa shape index (κ3) is 1.45. The zero-order chi connectivity index (χ0) is 12.0. The molecule has 0 saturated carbocycles. The van der Waals surface area contributed by atoms with E-state index < -0.39 is 0 Å². The van der Waals surface area contributed by atoms with Gasteiger partial charge in [0.15, 0.2) is 0 Å². The number of hydrogen-bond donors (Lipinski definition) is 2. The van der Waals surface area contributed by atoms with Gasteiger partial charge in [0.1, 0.15) is 0 Å². The molecule has 2 N–H and O–H groups in total. The van der Waals surface area contributed by atoms with E-state index in [-0.39, 0.29) is 24.2 Å². The fraction of sp³-hybridized carbons (Fsp3) is 0.231. The summed E-state index contributed by atoms with van der Waals surface area (Å²) < 4.78 is 0. The van der Waals surface area contributed by atoms with Gasteiger partial charge >= 0.3 is 0 Å². The number of benzene rings is 1. The number of amides is 2. The van der Waals surface area contributed by atoms with Gasteiger partial charge in [-0.25, -0.2) is 0 Å². The van der Waals surface area contributed by atoms with E-state index >= 15 is 0 Å². The molecule has 1 aromatic heterocycles. The van der Waals surface area contributed by atoms with Crippen molar-refractivity contribution in [2.75, 3.05) is 0 Å². The minimum absolute atomic E-state index is 0.190. The van der Waals surface area contributed by atoms with Gasteiger partial charge < -0.3 is 4.98 Å².